The van der Waals surface area contributed by atoms with E-state index in [0.29, 0.717) is 12.4 Å². The van der Waals surface area contributed by atoms with Crippen LogP contribution in [0, 0.1) is 0 Å². The summed E-state index contributed by atoms with van der Waals surface area (Å²) < 4.78 is 0. The number of pyridine rings is 1. The Labute approximate surface area is 140 Å². The highest BCUT2D eigenvalue weighted by Crippen LogP contribution is 2.19. The Balaban J connectivity index is 1.87. The van der Waals surface area contributed by atoms with E-state index < -0.39 is 0 Å². The Morgan fingerprint density at radius 2 is 1.96 bits per heavy atom. The van der Waals surface area contributed by atoms with Gasteiger partial charge in [-0.05, 0) is 44.5 Å². The number of likely N-dealkylation sites (N-methyl/N-ethyl adjacent to an activating group) is 1. The SMILES string of the molecule is CCCN(CC)CC(=O)Nc1ccc(N2CCCCCC2)cn1. The molecule has 0 aliphatic carbocycles. The number of hydrogen-bond acceptors (Lipinski definition) is 4. The van der Waals surface area contributed by atoms with Crippen molar-refractivity contribution < 1.29 is 4.79 Å². The van der Waals surface area contributed by atoms with E-state index in [9.17, 15) is 4.79 Å². The van der Waals surface area contributed by atoms with Crippen LogP contribution in [0.2, 0.25) is 0 Å². The number of anilines is 2. The molecule has 1 fully saturated rings. The maximum absolute atomic E-state index is 12.1. The lowest BCUT2D eigenvalue weighted by atomic mass is 10.2. The van der Waals surface area contributed by atoms with E-state index in [1.54, 1.807) is 0 Å². The molecule has 1 aliphatic heterocycles. The van der Waals surface area contributed by atoms with Crippen LogP contribution in [-0.4, -0.2) is 48.5 Å². The minimum Gasteiger partial charge on any atom is -0.370 e. The van der Waals surface area contributed by atoms with Crippen molar-refractivity contribution in [2.45, 2.75) is 46.0 Å². The molecule has 0 saturated carbocycles. The minimum absolute atomic E-state index is 0.00956. The van der Waals surface area contributed by atoms with E-state index in [2.05, 4.69) is 40.0 Å². The van der Waals surface area contributed by atoms with Gasteiger partial charge in [-0.25, -0.2) is 4.98 Å². The van der Waals surface area contributed by atoms with Gasteiger partial charge in [0.1, 0.15) is 5.82 Å². The first-order valence-corrected chi connectivity index (χ1v) is 8.96. The summed E-state index contributed by atoms with van der Waals surface area (Å²) in [5.74, 6) is 0.649. The molecular weight excluding hydrogens is 288 g/mol. The van der Waals surface area contributed by atoms with Crippen molar-refractivity contribution in [2.75, 3.05) is 42.9 Å². The first-order chi connectivity index (χ1) is 11.2. The quantitative estimate of drug-likeness (QED) is 0.839. The van der Waals surface area contributed by atoms with Crippen molar-refractivity contribution >= 4 is 17.4 Å². The van der Waals surface area contributed by atoms with Crippen molar-refractivity contribution in [3.05, 3.63) is 18.3 Å². The van der Waals surface area contributed by atoms with Gasteiger partial charge in [0.05, 0.1) is 18.4 Å². The Morgan fingerprint density at radius 1 is 1.22 bits per heavy atom. The van der Waals surface area contributed by atoms with Gasteiger partial charge in [0.25, 0.3) is 0 Å². The van der Waals surface area contributed by atoms with Crippen molar-refractivity contribution in [1.29, 1.82) is 0 Å². The first kappa shape index (κ1) is 17.7. The molecule has 1 amide bonds. The van der Waals surface area contributed by atoms with Crippen molar-refractivity contribution in [3.63, 3.8) is 0 Å². The number of carbonyl (C=O) groups is 1. The molecular formula is C18H30N4O. The molecule has 1 aromatic heterocycles. The van der Waals surface area contributed by atoms with Crippen LogP contribution >= 0.6 is 0 Å². The highest BCUT2D eigenvalue weighted by Gasteiger charge is 2.12. The number of amides is 1. The number of nitrogens with zero attached hydrogens (tertiary/aromatic N) is 3. The van der Waals surface area contributed by atoms with Gasteiger partial charge < -0.3 is 10.2 Å². The van der Waals surface area contributed by atoms with E-state index >= 15 is 0 Å². The standard InChI is InChI=1S/C18H30N4O/c1-3-11-21(4-2)15-18(23)20-17-10-9-16(14-19-17)22-12-7-5-6-8-13-22/h9-10,14H,3-8,11-13,15H2,1-2H3,(H,19,20,23). The second kappa shape index (κ2) is 9.50. The molecule has 0 radical (unpaired) electrons. The Bertz CT molecular complexity index is 466. The second-order valence-corrected chi connectivity index (χ2v) is 6.22. The summed E-state index contributed by atoms with van der Waals surface area (Å²) >= 11 is 0. The van der Waals surface area contributed by atoms with Crippen LogP contribution in [0.3, 0.4) is 0 Å². The molecule has 2 heterocycles. The fraction of sp³-hybridized carbons (Fsp3) is 0.667. The van der Waals surface area contributed by atoms with E-state index in [1.165, 1.54) is 25.7 Å². The fourth-order valence-electron chi connectivity index (χ4n) is 3.03. The molecule has 0 unspecified atom stereocenters. The number of rotatable bonds is 7. The van der Waals surface area contributed by atoms with Crippen LogP contribution in [0.4, 0.5) is 11.5 Å². The molecule has 5 nitrogen and oxygen atoms in total. The van der Waals surface area contributed by atoms with Crippen LogP contribution in [0.25, 0.3) is 0 Å². The zero-order valence-electron chi connectivity index (χ0n) is 14.6. The minimum atomic E-state index is 0.00956. The third-order valence-corrected chi connectivity index (χ3v) is 4.34. The summed E-state index contributed by atoms with van der Waals surface area (Å²) in [5.41, 5.74) is 1.16. The lowest BCUT2D eigenvalue weighted by molar-refractivity contribution is -0.117. The van der Waals surface area contributed by atoms with Crippen LogP contribution in [0.15, 0.2) is 18.3 Å². The van der Waals surface area contributed by atoms with Crippen LogP contribution in [-0.2, 0) is 4.79 Å². The number of carbonyl (C=O) groups excluding carboxylic acids is 1. The van der Waals surface area contributed by atoms with E-state index in [-0.39, 0.29) is 5.91 Å². The summed E-state index contributed by atoms with van der Waals surface area (Å²) in [7, 11) is 0. The van der Waals surface area contributed by atoms with E-state index in [1.807, 2.05) is 12.3 Å². The first-order valence-electron chi connectivity index (χ1n) is 8.96. The number of nitrogens with one attached hydrogen (secondary N) is 1. The Morgan fingerprint density at radius 3 is 2.52 bits per heavy atom. The van der Waals surface area contributed by atoms with Crippen molar-refractivity contribution in [3.8, 4) is 0 Å². The predicted octanol–water partition coefficient (Wildman–Crippen LogP) is 3.13. The summed E-state index contributed by atoms with van der Waals surface area (Å²) in [6.07, 6.45) is 8.09. The van der Waals surface area contributed by atoms with Gasteiger partial charge in [-0.2, -0.15) is 0 Å². The maximum Gasteiger partial charge on any atom is 0.239 e. The topological polar surface area (TPSA) is 48.5 Å². The summed E-state index contributed by atoms with van der Waals surface area (Å²) in [4.78, 5) is 21.0. The van der Waals surface area contributed by atoms with Gasteiger partial charge in [0.15, 0.2) is 0 Å². The van der Waals surface area contributed by atoms with Gasteiger partial charge in [-0.3, -0.25) is 9.69 Å². The summed E-state index contributed by atoms with van der Waals surface area (Å²) in [6.45, 7) is 8.69. The molecule has 2 rings (SSSR count). The Hall–Kier alpha value is -1.62. The van der Waals surface area contributed by atoms with Gasteiger partial charge in [0.2, 0.25) is 5.91 Å². The smallest absolute Gasteiger partial charge is 0.239 e. The zero-order valence-corrected chi connectivity index (χ0v) is 14.6. The van der Waals surface area contributed by atoms with Crippen LogP contribution < -0.4 is 10.2 Å². The van der Waals surface area contributed by atoms with E-state index in [4.69, 9.17) is 0 Å². The van der Waals surface area contributed by atoms with Gasteiger partial charge in [-0.15, -0.1) is 0 Å². The molecule has 5 heteroatoms. The largest absolute Gasteiger partial charge is 0.370 e. The van der Waals surface area contributed by atoms with Crippen molar-refractivity contribution in [2.24, 2.45) is 0 Å². The normalized spacial score (nSPS) is 15.5. The highest BCUT2D eigenvalue weighted by atomic mass is 16.2. The fourth-order valence-corrected chi connectivity index (χ4v) is 3.03. The lowest BCUT2D eigenvalue weighted by Crippen LogP contribution is -2.33. The molecule has 0 spiro atoms. The van der Waals surface area contributed by atoms with Gasteiger partial charge in [-0.1, -0.05) is 26.7 Å². The molecule has 1 N–H and O–H groups in total. The average Bonchev–Trinajstić information content (AvgIpc) is 2.84. The molecule has 0 atom stereocenters. The summed E-state index contributed by atoms with van der Waals surface area (Å²) in [6, 6.07) is 3.98. The zero-order chi connectivity index (χ0) is 16.5. The molecule has 1 saturated heterocycles. The third kappa shape index (κ3) is 5.82. The molecule has 1 aliphatic rings. The molecule has 1 aromatic rings. The van der Waals surface area contributed by atoms with Gasteiger partial charge in [0, 0.05) is 13.1 Å². The molecule has 0 bridgehead atoms. The molecule has 23 heavy (non-hydrogen) atoms. The number of hydrogen-bond donors (Lipinski definition) is 1. The van der Waals surface area contributed by atoms with Gasteiger partial charge >= 0.3 is 0 Å². The second-order valence-electron chi connectivity index (χ2n) is 6.22. The third-order valence-electron chi connectivity index (χ3n) is 4.34. The lowest BCUT2D eigenvalue weighted by Gasteiger charge is -2.22. The summed E-state index contributed by atoms with van der Waals surface area (Å²) in [5, 5.41) is 2.90. The maximum atomic E-state index is 12.1. The highest BCUT2D eigenvalue weighted by molar-refractivity contribution is 5.91. The van der Waals surface area contributed by atoms with Crippen LogP contribution in [0.5, 0.6) is 0 Å². The average molecular weight is 318 g/mol. The van der Waals surface area contributed by atoms with E-state index in [0.717, 1.165) is 38.3 Å². The molecule has 0 aromatic carbocycles. The predicted molar refractivity (Wildman–Crippen MR) is 96.0 cm³/mol. The monoisotopic (exact) mass is 318 g/mol. The van der Waals surface area contributed by atoms with Crippen molar-refractivity contribution in [1.82, 2.24) is 9.88 Å². The van der Waals surface area contributed by atoms with Crippen LogP contribution in [0.1, 0.15) is 46.0 Å². The molecule has 128 valence electrons. The number of aromatic nitrogens is 1. The Kier molecular flexibility index (Phi) is 7.33.